The third-order valence-corrected chi connectivity index (χ3v) is 4.07. The van der Waals surface area contributed by atoms with E-state index in [0.717, 1.165) is 6.42 Å². The fourth-order valence-electron chi connectivity index (χ4n) is 2.34. The number of allylic oxidation sites excluding steroid dienone is 3. The molecule has 3 nitrogen and oxygen atoms in total. The van der Waals surface area contributed by atoms with Crippen molar-refractivity contribution in [1.29, 1.82) is 0 Å². The summed E-state index contributed by atoms with van der Waals surface area (Å²) in [5.74, 6) is -0.789. The van der Waals surface area contributed by atoms with Crippen molar-refractivity contribution in [3.05, 3.63) is 23.8 Å². The molecule has 102 valence electrons. The molecule has 0 aliphatic heterocycles. The average molecular weight is 274 g/mol. The van der Waals surface area contributed by atoms with E-state index in [4.69, 9.17) is 0 Å². The van der Waals surface area contributed by atoms with E-state index in [-0.39, 0.29) is 41.4 Å². The zero-order valence-electron chi connectivity index (χ0n) is 12.7. The summed E-state index contributed by atoms with van der Waals surface area (Å²) in [5, 5.41) is 20.3. The molecule has 0 bridgehead atoms. The molecular formula is C15H23NaO3. The number of aliphatic carboxylic acids is 1. The van der Waals surface area contributed by atoms with Crippen molar-refractivity contribution >= 4 is 5.97 Å². The standard InChI is InChI=1S/C15H24O3.Na/c1-11-7-8-12(14(11,2)3)6-5-9-15(4,18)10-13(16)17;/h5-7,12,18H,8-10H2,1-4H3,(H,16,17);/q;+1/p-1. The van der Waals surface area contributed by atoms with Gasteiger partial charge in [-0.3, -0.25) is 0 Å². The summed E-state index contributed by atoms with van der Waals surface area (Å²) in [5.41, 5.74) is 0.315. The Balaban J connectivity index is 0.00000324. The van der Waals surface area contributed by atoms with Gasteiger partial charge in [0.15, 0.2) is 0 Å². The van der Waals surface area contributed by atoms with Gasteiger partial charge in [0.2, 0.25) is 0 Å². The number of carboxylic acid groups (broad SMARTS) is 1. The first kappa shape index (κ1) is 18.9. The Bertz CT molecular complexity index is 381. The van der Waals surface area contributed by atoms with Gasteiger partial charge in [-0.05, 0) is 38.0 Å². The number of carbonyl (C=O) groups is 1. The first-order chi connectivity index (χ1) is 8.15. The van der Waals surface area contributed by atoms with E-state index < -0.39 is 11.6 Å². The second-order valence-corrected chi connectivity index (χ2v) is 6.13. The number of rotatable bonds is 5. The first-order valence-corrected chi connectivity index (χ1v) is 6.41. The van der Waals surface area contributed by atoms with Crippen molar-refractivity contribution in [2.24, 2.45) is 11.3 Å². The van der Waals surface area contributed by atoms with Gasteiger partial charge >= 0.3 is 29.6 Å². The van der Waals surface area contributed by atoms with Crippen molar-refractivity contribution in [2.45, 2.75) is 52.6 Å². The predicted octanol–water partition coefficient (Wildman–Crippen LogP) is -1.18. The van der Waals surface area contributed by atoms with Crippen LogP contribution in [0.15, 0.2) is 23.8 Å². The third-order valence-electron chi connectivity index (χ3n) is 4.07. The van der Waals surface area contributed by atoms with Gasteiger partial charge in [-0.15, -0.1) is 0 Å². The van der Waals surface area contributed by atoms with Crippen LogP contribution in [0.1, 0.15) is 47.0 Å². The van der Waals surface area contributed by atoms with Crippen LogP contribution in [0.5, 0.6) is 0 Å². The second kappa shape index (κ2) is 7.07. The van der Waals surface area contributed by atoms with Gasteiger partial charge in [-0.25, -0.2) is 0 Å². The minimum atomic E-state index is -1.22. The van der Waals surface area contributed by atoms with Crippen molar-refractivity contribution in [3.63, 3.8) is 0 Å². The van der Waals surface area contributed by atoms with Crippen LogP contribution < -0.4 is 34.7 Å². The number of hydrogen-bond donors (Lipinski definition) is 1. The molecule has 1 aliphatic rings. The topological polar surface area (TPSA) is 60.4 Å². The van der Waals surface area contributed by atoms with Crippen molar-refractivity contribution in [2.75, 3.05) is 0 Å². The van der Waals surface area contributed by atoms with Crippen LogP contribution in [0, 0.1) is 11.3 Å². The molecule has 0 saturated carbocycles. The summed E-state index contributed by atoms with van der Waals surface area (Å²) in [7, 11) is 0. The fourth-order valence-corrected chi connectivity index (χ4v) is 2.34. The van der Waals surface area contributed by atoms with E-state index in [9.17, 15) is 15.0 Å². The molecule has 1 aliphatic carbocycles. The second-order valence-electron chi connectivity index (χ2n) is 6.13. The molecule has 0 radical (unpaired) electrons. The Labute approximate surface area is 138 Å². The quantitative estimate of drug-likeness (QED) is 0.507. The Hall–Kier alpha value is -0.0900. The maximum Gasteiger partial charge on any atom is 1.00 e. The fraction of sp³-hybridized carbons (Fsp3) is 0.667. The van der Waals surface area contributed by atoms with E-state index in [1.807, 2.05) is 6.08 Å². The smallest absolute Gasteiger partial charge is 0.550 e. The van der Waals surface area contributed by atoms with Crippen LogP contribution in [-0.4, -0.2) is 16.7 Å². The average Bonchev–Trinajstić information content (AvgIpc) is 2.42. The molecule has 4 heteroatoms. The van der Waals surface area contributed by atoms with Crippen molar-refractivity contribution in [3.8, 4) is 0 Å². The molecule has 0 aromatic rings. The van der Waals surface area contributed by atoms with Gasteiger partial charge in [0, 0.05) is 12.4 Å². The van der Waals surface area contributed by atoms with Crippen molar-refractivity contribution < 1.29 is 44.6 Å². The molecule has 0 saturated heterocycles. The van der Waals surface area contributed by atoms with E-state index in [1.54, 1.807) is 0 Å². The number of carboxylic acids is 1. The summed E-state index contributed by atoms with van der Waals surface area (Å²) in [6.45, 7) is 8.08. The Morgan fingerprint density at radius 2 is 2.21 bits per heavy atom. The van der Waals surface area contributed by atoms with Crippen LogP contribution >= 0.6 is 0 Å². The Kier molecular flexibility index (Phi) is 7.04. The molecule has 0 aromatic carbocycles. The van der Waals surface area contributed by atoms with Crippen LogP contribution in [0.4, 0.5) is 0 Å². The molecule has 1 N–H and O–H groups in total. The van der Waals surface area contributed by atoms with Crippen LogP contribution in [-0.2, 0) is 4.79 Å². The SMILES string of the molecule is CC1=CCC(C=CCC(C)(O)CC(=O)[O-])C1(C)C.[Na+]. The van der Waals surface area contributed by atoms with Gasteiger partial charge in [0.1, 0.15) is 0 Å². The normalized spacial score (nSPS) is 24.7. The van der Waals surface area contributed by atoms with E-state index in [2.05, 4.69) is 32.9 Å². The zero-order chi connectivity index (χ0) is 14.0. The van der Waals surface area contributed by atoms with Crippen LogP contribution in [0.25, 0.3) is 0 Å². The van der Waals surface area contributed by atoms with E-state index >= 15 is 0 Å². The summed E-state index contributed by atoms with van der Waals surface area (Å²) >= 11 is 0. The first-order valence-electron chi connectivity index (χ1n) is 6.41. The molecule has 0 aromatic heterocycles. The minimum Gasteiger partial charge on any atom is -0.550 e. The molecule has 1 rings (SSSR count). The predicted molar refractivity (Wildman–Crippen MR) is 69.6 cm³/mol. The number of aliphatic hydroxyl groups is 1. The number of hydrogen-bond acceptors (Lipinski definition) is 3. The Morgan fingerprint density at radius 1 is 1.63 bits per heavy atom. The summed E-state index contributed by atoms with van der Waals surface area (Å²) in [6, 6.07) is 0. The van der Waals surface area contributed by atoms with Crippen LogP contribution in [0.2, 0.25) is 0 Å². The molecule has 19 heavy (non-hydrogen) atoms. The molecular weight excluding hydrogens is 251 g/mol. The molecule has 0 heterocycles. The summed E-state index contributed by atoms with van der Waals surface area (Å²) in [4.78, 5) is 10.5. The van der Waals surface area contributed by atoms with Gasteiger partial charge in [-0.1, -0.05) is 37.6 Å². The third kappa shape index (κ3) is 5.42. The van der Waals surface area contributed by atoms with E-state index in [1.165, 1.54) is 12.5 Å². The van der Waals surface area contributed by atoms with Crippen molar-refractivity contribution in [1.82, 2.24) is 0 Å². The Morgan fingerprint density at radius 3 is 2.63 bits per heavy atom. The molecule has 2 atom stereocenters. The molecule has 2 unspecified atom stereocenters. The van der Waals surface area contributed by atoms with Gasteiger partial charge < -0.3 is 15.0 Å². The molecule has 0 fully saturated rings. The number of carbonyl (C=O) groups excluding carboxylic acids is 1. The maximum atomic E-state index is 10.5. The molecule has 0 spiro atoms. The van der Waals surface area contributed by atoms with Gasteiger partial charge in [0.25, 0.3) is 0 Å². The maximum absolute atomic E-state index is 10.5. The largest absolute Gasteiger partial charge is 1.00 e. The van der Waals surface area contributed by atoms with Crippen LogP contribution in [0.3, 0.4) is 0 Å². The zero-order valence-corrected chi connectivity index (χ0v) is 14.7. The molecule has 0 amide bonds. The van der Waals surface area contributed by atoms with Gasteiger partial charge in [0.05, 0.1) is 5.60 Å². The monoisotopic (exact) mass is 274 g/mol. The summed E-state index contributed by atoms with van der Waals surface area (Å²) < 4.78 is 0. The minimum absolute atomic E-state index is 0. The van der Waals surface area contributed by atoms with Gasteiger partial charge in [-0.2, -0.15) is 0 Å². The van der Waals surface area contributed by atoms with E-state index in [0.29, 0.717) is 12.3 Å². The summed E-state index contributed by atoms with van der Waals surface area (Å²) in [6.07, 6.45) is 7.25.